The molecule has 6 nitrogen and oxygen atoms in total. The molecule has 0 bridgehead atoms. The highest BCUT2D eigenvalue weighted by molar-refractivity contribution is 7.80. The monoisotopic (exact) mass is 275 g/mol. The zero-order valence-electron chi connectivity index (χ0n) is 11.2. The molecule has 0 aromatic carbocycles. The van der Waals surface area contributed by atoms with Gasteiger partial charge in [-0.25, -0.2) is 0 Å². The molecule has 0 spiro atoms. The summed E-state index contributed by atoms with van der Waals surface area (Å²) in [7, 11) is 1.51. The van der Waals surface area contributed by atoms with E-state index in [1.54, 1.807) is 0 Å². The van der Waals surface area contributed by atoms with Crippen molar-refractivity contribution in [1.29, 1.82) is 0 Å². The smallest absolute Gasteiger partial charge is 0.246 e. The third-order valence-corrected chi connectivity index (χ3v) is 2.43. The van der Waals surface area contributed by atoms with Gasteiger partial charge < -0.3 is 15.5 Å². The van der Waals surface area contributed by atoms with Crippen molar-refractivity contribution in [1.82, 2.24) is 15.5 Å². The summed E-state index contributed by atoms with van der Waals surface area (Å²) in [5.41, 5.74) is 0. The van der Waals surface area contributed by atoms with Gasteiger partial charge in [0, 0.05) is 25.8 Å². The molecule has 18 heavy (non-hydrogen) atoms. The van der Waals surface area contributed by atoms with Crippen LogP contribution >= 0.6 is 12.6 Å². The summed E-state index contributed by atoms with van der Waals surface area (Å²) in [5.74, 6) is -0.683. The third kappa shape index (κ3) is 6.48. The van der Waals surface area contributed by atoms with Crippen LogP contribution in [0.15, 0.2) is 0 Å². The lowest BCUT2D eigenvalue weighted by Crippen LogP contribution is -2.50. The summed E-state index contributed by atoms with van der Waals surface area (Å²) in [4.78, 5) is 35.6. The van der Waals surface area contributed by atoms with Gasteiger partial charge in [0.15, 0.2) is 0 Å². The number of carbonyl (C=O) groups excluding carboxylic acids is 3. The summed E-state index contributed by atoms with van der Waals surface area (Å²) in [5, 5.41) is 5.17. The molecule has 0 aromatic rings. The molecule has 104 valence electrons. The minimum absolute atomic E-state index is 0.0250. The lowest BCUT2D eigenvalue weighted by molar-refractivity contribution is -0.137. The fourth-order valence-corrected chi connectivity index (χ4v) is 1.61. The Labute approximate surface area is 113 Å². The molecule has 0 aliphatic carbocycles. The molecule has 0 aliphatic heterocycles. The van der Waals surface area contributed by atoms with Crippen molar-refractivity contribution in [3.63, 3.8) is 0 Å². The second kappa shape index (κ2) is 7.97. The molecule has 0 aliphatic rings. The fraction of sp³-hybridized carbons (Fsp3) is 0.727. The van der Waals surface area contributed by atoms with E-state index in [-0.39, 0.29) is 36.1 Å². The molecule has 2 N–H and O–H groups in total. The molecule has 0 fully saturated rings. The molecule has 3 amide bonds. The molecular formula is C11H21N3O3S. The van der Waals surface area contributed by atoms with E-state index in [1.165, 1.54) is 18.9 Å². The average Bonchev–Trinajstić information content (AvgIpc) is 2.23. The molecule has 0 saturated carbocycles. The van der Waals surface area contributed by atoms with Crippen LogP contribution in [0.1, 0.15) is 20.8 Å². The van der Waals surface area contributed by atoms with E-state index in [1.807, 2.05) is 13.8 Å². The molecule has 0 aromatic heterocycles. The van der Waals surface area contributed by atoms with Gasteiger partial charge in [-0.15, -0.1) is 0 Å². The Morgan fingerprint density at radius 1 is 1.22 bits per heavy atom. The number of carbonyl (C=O) groups is 3. The van der Waals surface area contributed by atoms with Crippen molar-refractivity contribution in [3.05, 3.63) is 0 Å². The zero-order chi connectivity index (χ0) is 14.3. The van der Waals surface area contributed by atoms with Crippen molar-refractivity contribution in [2.24, 2.45) is 0 Å². The fourth-order valence-electron chi connectivity index (χ4n) is 1.36. The van der Waals surface area contributed by atoms with Crippen LogP contribution in [0.4, 0.5) is 0 Å². The minimum atomic E-state index is -0.706. The molecule has 1 unspecified atom stereocenters. The second-order valence-electron chi connectivity index (χ2n) is 4.35. The van der Waals surface area contributed by atoms with Crippen molar-refractivity contribution in [3.8, 4) is 0 Å². The maximum Gasteiger partial charge on any atom is 0.246 e. The maximum absolute atomic E-state index is 11.9. The predicted octanol–water partition coefficient (Wildman–Crippen LogP) is -0.596. The average molecular weight is 275 g/mol. The first kappa shape index (κ1) is 16.8. The number of nitrogens with one attached hydrogen (secondary N) is 2. The van der Waals surface area contributed by atoms with Crippen molar-refractivity contribution in [2.75, 3.05) is 19.3 Å². The Kier molecular flexibility index (Phi) is 7.42. The highest BCUT2D eigenvalue weighted by atomic mass is 32.1. The highest BCUT2D eigenvalue weighted by Gasteiger charge is 2.22. The first-order chi connectivity index (χ1) is 8.27. The van der Waals surface area contributed by atoms with Crippen LogP contribution in [0.3, 0.4) is 0 Å². The summed E-state index contributed by atoms with van der Waals surface area (Å²) >= 11 is 4.01. The summed E-state index contributed by atoms with van der Waals surface area (Å²) in [6.45, 7) is 4.97. The molecule has 0 rings (SSSR count). The standard InChI is InChI=1S/C11H21N3O3S/c1-7(2)12-10(16)5-14(4)11(17)9(6-18)13-8(3)15/h7,9,18H,5-6H2,1-4H3,(H,12,16)(H,13,15). The predicted molar refractivity (Wildman–Crippen MR) is 72.4 cm³/mol. The maximum atomic E-state index is 11.9. The Morgan fingerprint density at radius 3 is 2.17 bits per heavy atom. The van der Waals surface area contributed by atoms with Crippen LogP contribution in [0.2, 0.25) is 0 Å². The van der Waals surface area contributed by atoms with Crippen LogP contribution in [-0.4, -0.2) is 54.1 Å². The number of nitrogens with zero attached hydrogens (tertiary/aromatic N) is 1. The molecular weight excluding hydrogens is 254 g/mol. The van der Waals surface area contributed by atoms with Crippen LogP contribution in [0, 0.1) is 0 Å². The summed E-state index contributed by atoms with van der Waals surface area (Å²) < 4.78 is 0. The van der Waals surface area contributed by atoms with Crippen molar-refractivity contribution >= 4 is 30.4 Å². The van der Waals surface area contributed by atoms with Gasteiger partial charge in [0.25, 0.3) is 0 Å². The third-order valence-electron chi connectivity index (χ3n) is 2.06. The number of likely N-dealkylation sites (N-methyl/N-ethyl adjacent to an activating group) is 1. The Balaban J connectivity index is 4.39. The topological polar surface area (TPSA) is 78.5 Å². The zero-order valence-corrected chi connectivity index (χ0v) is 12.1. The van der Waals surface area contributed by atoms with E-state index in [0.717, 1.165) is 0 Å². The number of rotatable bonds is 6. The number of hydrogen-bond acceptors (Lipinski definition) is 4. The number of amides is 3. The number of thiol groups is 1. The Morgan fingerprint density at radius 2 is 1.78 bits per heavy atom. The quantitative estimate of drug-likeness (QED) is 0.567. The lowest BCUT2D eigenvalue weighted by atomic mass is 10.2. The highest BCUT2D eigenvalue weighted by Crippen LogP contribution is 1.96. The van der Waals surface area contributed by atoms with Gasteiger partial charge in [0.2, 0.25) is 17.7 Å². The Bertz CT molecular complexity index is 321. The normalized spacial score (nSPS) is 11.9. The van der Waals surface area contributed by atoms with Gasteiger partial charge in [-0.2, -0.15) is 12.6 Å². The second-order valence-corrected chi connectivity index (χ2v) is 4.72. The van der Waals surface area contributed by atoms with Crippen LogP contribution in [0.5, 0.6) is 0 Å². The van der Waals surface area contributed by atoms with Gasteiger partial charge in [-0.1, -0.05) is 0 Å². The molecule has 7 heteroatoms. The molecule has 0 heterocycles. The van der Waals surface area contributed by atoms with E-state index < -0.39 is 6.04 Å². The van der Waals surface area contributed by atoms with E-state index in [2.05, 4.69) is 23.3 Å². The van der Waals surface area contributed by atoms with Gasteiger partial charge in [-0.3, -0.25) is 14.4 Å². The van der Waals surface area contributed by atoms with E-state index in [9.17, 15) is 14.4 Å². The van der Waals surface area contributed by atoms with Crippen molar-refractivity contribution in [2.45, 2.75) is 32.9 Å². The van der Waals surface area contributed by atoms with E-state index >= 15 is 0 Å². The Hall–Kier alpha value is -1.24. The van der Waals surface area contributed by atoms with Gasteiger partial charge in [-0.05, 0) is 13.8 Å². The largest absolute Gasteiger partial charge is 0.352 e. The van der Waals surface area contributed by atoms with Gasteiger partial charge >= 0.3 is 0 Å². The van der Waals surface area contributed by atoms with E-state index in [0.29, 0.717) is 0 Å². The summed E-state index contributed by atoms with van der Waals surface area (Å²) in [6, 6.07) is -0.681. The van der Waals surface area contributed by atoms with Gasteiger partial charge in [0.1, 0.15) is 6.04 Å². The summed E-state index contributed by atoms with van der Waals surface area (Å²) in [6.07, 6.45) is 0. The molecule has 0 saturated heterocycles. The molecule has 1 atom stereocenters. The van der Waals surface area contributed by atoms with Crippen LogP contribution in [0.25, 0.3) is 0 Å². The lowest BCUT2D eigenvalue weighted by Gasteiger charge is -2.23. The van der Waals surface area contributed by atoms with E-state index in [4.69, 9.17) is 0 Å². The first-order valence-electron chi connectivity index (χ1n) is 5.70. The van der Waals surface area contributed by atoms with Crippen molar-refractivity contribution < 1.29 is 14.4 Å². The van der Waals surface area contributed by atoms with Crippen LogP contribution < -0.4 is 10.6 Å². The SMILES string of the molecule is CC(=O)NC(CS)C(=O)N(C)CC(=O)NC(C)C. The minimum Gasteiger partial charge on any atom is -0.352 e. The van der Waals surface area contributed by atoms with Crippen LogP contribution in [-0.2, 0) is 14.4 Å². The number of hydrogen-bond donors (Lipinski definition) is 3. The van der Waals surface area contributed by atoms with Gasteiger partial charge in [0.05, 0.1) is 6.54 Å². The molecule has 0 radical (unpaired) electrons. The first-order valence-corrected chi connectivity index (χ1v) is 6.33.